The Hall–Kier alpha value is -0.800. The predicted octanol–water partition coefficient (Wildman–Crippen LogP) is 2.41. The maximum Gasteiger partial charge on any atom is 0.294 e. The largest absolute Gasteiger partial charge is 0.311 e. The summed E-state index contributed by atoms with van der Waals surface area (Å²) < 4.78 is 0. The van der Waals surface area contributed by atoms with Crippen molar-refractivity contribution in [3.8, 4) is 0 Å². The molecule has 0 aromatic heterocycles. The predicted molar refractivity (Wildman–Crippen MR) is 48.7 cm³/mol. The second kappa shape index (κ2) is 4.44. The summed E-state index contributed by atoms with van der Waals surface area (Å²) >= 11 is 0. The second-order valence-electron chi connectivity index (χ2n) is 4.11. The minimum absolute atomic E-state index is 0.148. The molecule has 0 aromatic carbocycles. The van der Waals surface area contributed by atoms with E-state index in [1.165, 1.54) is 0 Å². The molecule has 0 unspecified atom stereocenters. The van der Waals surface area contributed by atoms with Crippen LogP contribution in [-0.2, 0) is 4.84 Å². The van der Waals surface area contributed by atoms with Crippen LogP contribution in [0.15, 0.2) is 0 Å². The Morgan fingerprint density at radius 3 is 2.23 bits per heavy atom. The Morgan fingerprint density at radius 1 is 1.31 bits per heavy atom. The maximum absolute atomic E-state index is 10.1. The fraction of sp³-hybridized carbons (Fsp3) is 1.00. The van der Waals surface area contributed by atoms with Crippen LogP contribution < -0.4 is 0 Å². The number of hydrogen-bond acceptors (Lipinski definition) is 3. The van der Waals surface area contributed by atoms with Crippen LogP contribution in [0.4, 0.5) is 0 Å². The first-order valence-electron chi connectivity index (χ1n) is 4.90. The van der Waals surface area contributed by atoms with Gasteiger partial charge < -0.3 is 4.84 Å². The van der Waals surface area contributed by atoms with E-state index in [-0.39, 0.29) is 6.10 Å². The molecule has 4 heteroatoms. The second-order valence-corrected chi connectivity index (χ2v) is 4.11. The number of nitrogens with zero attached hydrogens (tertiary/aromatic N) is 1. The first-order chi connectivity index (χ1) is 6.09. The Balaban J connectivity index is 2.26. The summed E-state index contributed by atoms with van der Waals surface area (Å²) in [5.74, 6) is 1.42. The van der Waals surface area contributed by atoms with E-state index in [4.69, 9.17) is 0 Å². The van der Waals surface area contributed by atoms with Crippen molar-refractivity contribution in [3.63, 3.8) is 0 Å². The average molecular weight is 187 g/mol. The molecule has 0 amide bonds. The molecule has 13 heavy (non-hydrogen) atoms. The van der Waals surface area contributed by atoms with Gasteiger partial charge in [-0.05, 0) is 37.5 Å². The minimum Gasteiger partial charge on any atom is -0.311 e. The molecule has 0 atom stereocenters. The molecule has 0 bridgehead atoms. The minimum atomic E-state index is -0.666. The lowest BCUT2D eigenvalue weighted by Crippen LogP contribution is -2.25. The van der Waals surface area contributed by atoms with Crippen molar-refractivity contribution in [2.24, 2.45) is 11.8 Å². The van der Waals surface area contributed by atoms with Gasteiger partial charge in [0.15, 0.2) is 0 Å². The van der Waals surface area contributed by atoms with Crippen LogP contribution in [-0.4, -0.2) is 11.2 Å². The molecule has 1 fully saturated rings. The van der Waals surface area contributed by atoms with Gasteiger partial charge in [-0.25, -0.2) is 0 Å². The fourth-order valence-electron chi connectivity index (χ4n) is 1.98. The summed E-state index contributed by atoms with van der Waals surface area (Å²) in [4.78, 5) is 14.6. The van der Waals surface area contributed by atoms with Gasteiger partial charge >= 0.3 is 0 Å². The van der Waals surface area contributed by atoms with Gasteiger partial charge in [0.05, 0.1) is 0 Å². The van der Waals surface area contributed by atoms with Crippen molar-refractivity contribution in [1.29, 1.82) is 0 Å². The van der Waals surface area contributed by atoms with Crippen molar-refractivity contribution in [3.05, 3.63) is 10.1 Å². The molecule has 0 spiro atoms. The van der Waals surface area contributed by atoms with Crippen molar-refractivity contribution in [2.45, 2.75) is 45.6 Å². The molecule has 1 saturated carbocycles. The molecule has 1 rings (SSSR count). The number of rotatable bonds is 3. The molecule has 1 aliphatic rings. The molecule has 0 aliphatic heterocycles. The van der Waals surface area contributed by atoms with Gasteiger partial charge in [0.25, 0.3) is 5.09 Å². The highest BCUT2D eigenvalue weighted by molar-refractivity contribution is 4.73. The lowest BCUT2D eigenvalue weighted by molar-refractivity contribution is -0.769. The van der Waals surface area contributed by atoms with Crippen LogP contribution in [0.3, 0.4) is 0 Å². The van der Waals surface area contributed by atoms with Gasteiger partial charge in [0.2, 0.25) is 0 Å². The molecule has 0 saturated heterocycles. The van der Waals surface area contributed by atoms with E-state index < -0.39 is 5.09 Å². The maximum atomic E-state index is 10.1. The average Bonchev–Trinajstić information content (AvgIpc) is 2.04. The van der Waals surface area contributed by atoms with E-state index in [0.29, 0.717) is 5.92 Å². The highest BCUT2D eigenvalue weighted by Gasteiger charge is 2.25. The molecule has 0 N–H and O–H groups in total. The summed E-state index contributed by atoms with van der Waals surface area (Å²) in [6.07, 6.45) is 3.66. The van der Waals surface area contributed by atoms with Crippen molar-refractivity contribution in [2.75, 3.05) is 0 Å². The zero-order valence-electron chi connectivity index (χ0n) is 8.23. The van der Waals surface area contributed by atoms with Gasteiger partial charge in [-0.3, -0.25) is 0 Å². The zero-order valence-corrected chi connectivity index (χ0v) is 8.23. The van der Waals surface area contributed by atoms with Crippen LogP contribution in [0, 0.1) is 22.0 Å². The lowest BCUT2D eigenvalue weighted by Gasteiger charge is -2.29. The highest BCUT2D eigenvalue weighted by atomic mass is 17.0. The molecular weight excluding hydrogens is 170 g/mol. The Kier molecular flexibility index (Phi) is 3.51. The van der Waals surface area contributed by atoms with Crippen LogP contribution in [0.2, 0.25) is 0 Å². The van der Waals surface area contributed by atoms with Gasteiger partial charge in [-0.1, -0.05) is 13.8 Å². The van der Waals surface area contributed by atoms with E-state index in [9.17, 15) is 10.1 Å². The third kappa shape index (κ3) is 3.20. The first kappa shape index (κ1) is 10.3. The van der Waals surface area contributed by atoms with Gasteiger partial charge in [-0.15, -0.1) is 10.1 Å². The van der Waals surface area contributed by atoms with Crippen molar-refractivity contribution < 1.29 is 9.92 Å². The molecular formula is C9H17NO3. The molecule has 76 valence electrons. The molecule has 0 aromatic rings. The summed E-state index contributed by atoms with van der Waals surface area (Å²) in [5, 5.41) is 9.40. The zero-order chi connectivity index (χ0) is 9.84. The van der Waals surface area contributed by atoms with E-state index in [2.05, 4.69) is 18.7 Å². The fourth-order valence-corrected chi connectivity index (χ4v) is 1.98. The standard InChI is InChI=1S/C9H17NO3/c1-7(2)8-3-5-9(6-4-8)13-10(11)12/h7-9H,3-6H2,1-2H3/t8-,9-. The summed E-state index contributed by atoms with van der Waals surface area (Å²) in [7, 11) is 0. The summed E-state index contributed by atoms with van der Waals surface area (Å²) in [5.41, 5.74) is 0. The van der Waals surface area contributed by atoms with Gasteiger partial charge in [0, 0.05) is 0 Å². The van der Waals surface area contributed by atoms with Crippen LogP contribution in [0.5, 0.6) is 0 Å². The van der Waals surface area contributed by atoms with E-state index >= 15 is 0 Å². The molecule has 1 aliphatic carbocycles. The van der Waals surface area contributed by atoms with Crippen LogP contribution in [0.25, 0.3) is 0 Å². The van der Waals surface area contributed by atoms with Gasteiger partial charge in [0.1, 0.15) is 6.10 Å². The Bertz CT molecular complexity index is 174. The summed E-state index contributed by atoms with van der Waals surface area (Å²) in [6.45, 7) is 4.42. The monoisotopic (exact) mass is 187 g/mol. The lowest BCUT2D eigenvalue weighted by atomic mass is 9.81. The van der Waals surface area contributed by atoms with E-state index in [1.54, 1.807) is 0 Å². The van der Waals surface area contributed by atoms with E-state index in [0.717, 1.165) is 31.6 Å². The molecule has 4 nitrogen and oxygen atoms in total. The number of hydrogen-bond donors (Lipinski definition) is 0. The first-order valence-corrected chi connectivity index (χ1v) is 4.90. The van der Waals surface area contributed by atoms with Crippen molar-refractivity contribution in [1.82, 2.24) is 0 Å². The topological polar surface area (TPSA) is 52.4 Å². The SMILES string of the molecule is CC(C)[C@H]1CC[C@H](O[N+](=O)[O-])CC1. The molecule has 0 heterocycles. The third-order valence-corrected chi connectivity index (χ3v) is 2.90. The van der Waals surface area contributed by atoms with Gasteiger partial charge in [-0.2, -0.15) is 0 Å². The van der Waals surface area contributed by atoms with Crippen LogP contribution >= 0.6 is 0 Å². The van der Waals surface area contributed by atoms with Crippen molar-refractivity contribution >= 4 is 0 Å². The third-order valence-electron chi connectivity index (χ3n) is 2.90. The Morgan fingerprint density at radius 2 is 1.85 bits per heavy atom. The smallest absolute Gasteiger partial charge is 0.294 e. The van der Waals surface area contributed by atoms with E-state index in [1.807, 2.05) is 0 Å². The normalized spacial score (nSPS) is 28.8. The molecule has 0 radical (unpaired) electrons. The quantitative estimate of drug-likeness (QED) is 0.503. The highest BCUT2D eigenvalue weighted by Crippen LogP contribution is 2.31. The Labute approximate surface area is 78.4 Å². The van der Waals surface area contributed by atoms with Crippen LogP contribution in [0.1, 0.15) is 39.5 Å². The summed E-state index contributed by atoms with van der Waals surface area (Å²) in [6, 6.07) is 0.